The molecule has 0 saturated carbocycles. The van der Waals surface area contributed by atoms with E-state index < -0.39 is 0 Å². The molecule has 0 spiro atoms. The predicted molar refractivity (Wildman–Crippen MR) is 80.2 cm³/mol. The van der Waals surface area contributed by atoms with Crippen molar-refractivity contribution in [2.75, 3.05) is 11.4 Å². The maximum atomic E-state index is 14.0. The molecular formula is C17H19FN2. The molecule has 3 rings (SSSR count). The van der Waals surface area contributed by atoms with Gasteiger partial charge in [-0.25, -0.2) is 4.39 Å². The van der Waals surface area contributed by atoms with Crippen molar-refractivity contribution in [3.8, 4) is 0 Å². The van der Waals surface area contributed by atoms with Crippen LogP contribution < -0.4 is 10.6 Å². The van der Waals surface area contributed by atoms with E-state index in [2.05, 4.69) is 29.2 Å². The molecule has 1 aliphatic rings. The van der Waals surface area contributed by atoms with Gasteiger partial charge < -0.3 is 10.6 Å². The zero-order valence-corrected chi connectivity index (χ0v) is 11.6. The van der Waals surface area contributed by atoms with Gasteiger partial charge in [-0.3, -0.25) is 0 Å². The fraction of sp³-hybridized carbons (Fsp3) is 0.294. The van der Waals surface area contributed by atoms with Gasteiger partial charge in [0.05, 0.1) is 0 Å². The van der Waals surface area contributed by atoms with E-state index in [4.69, 9.17) is 5.73 Å². The third kappa shape index (κ3) is 2.29. The highest BCUT2D eigenvalue weighted by Crippen LogP contribution is 2.31. The average molecular weight is 270 g/mol. The highest BCUT2D eigenvalue weighted by molar-refractivity contribution is 5.57. The van der Waals surface area contributed by atoms with Crippen LogP contribution in [-0.4, -0.2) is 6.54 Å². The topological polar surface area (TPSA) is 29.3 Å². The molecule has 1 atom stereocenters. The van der Waals surface area contributed by atoms with Gasteiger partial charge in [-0.05, 0) is 36.6 Å². The number of hydrogen-bond acceptors (Lipinski definition) is 2. The van der Waals surface area contributed by atoms with E-state index in [9.17, 15) is 4.39 Å². The largest absolute Gasteiger partial charge is 0.367 e. The van der Waals surface area contributed by atoms with Gasteiger partial charge in [0.15, 0.2) is 0 Å². The summed E-state index contributed by atoms with van der Waals surface area (Å²) in [5.74, 6) is -0.212. The van der Waals surface area contributed by atoms with Crippen LogP contribution in [-0.2, 0) is 13.0 Å². The standard InChI is InChI=1S/C17H19FN2/c1-12(19)17-15(18)7-4-8-16(17)20-10-9-13-5-2-3-6-14(13)11-20/h2-8,12H,9-11,19H2,1H3/t12-/m1/s1. The molecule has 104 valence electrons. The van der Waals surface area contributed by atoms with Gasteiger partial charge in [-0.2, -0.15) is 0 Å². The summed E-state index contributed by atoms with van der Waals surface area (Å²) in [5, 5.41) is 0. The quantitative estimate of drug-likeness (QED) is 0.906. The van der Waals surface area contributed by atoms with Crippen LogP contribution >= 0.6 is 0 Å². The molecule has 0 aromatic heterocycles. The van der Waals surface area contributed by atoms with Crippen molar-refractivity contribution in [2.45, 2.75) is 25.9 Å². The monoisotopic (exact) mass is 270 g/mol. The minimum atomic E-state index is -0.302. The summed E-state index contributed by atoms with van der Waals surface area (Å²) in [5.41, 5.74) is 10.2. The second kappa shape index (κ2) is 5.25. The van der Waals surface area contributed by atoms with Crippen molar-refractivity contribution in [3.05, 3.63) is 65.0 Å². The van der Waals surface area contributed by atoms with Crippen LogP contribution in [0.5, 0.6) is 0 Å². The van der Waals surface area contributed by atoms with E-state index in [0.29, 0.717) is 5.56 Å². The van der Waals surface area contributed by atoms with Crippen LogP contribution in [0.1, 0.15) is 29.7 Å². The molecule has 0 amide bonds. The Morgan fingerprint density at radius 2 is 1.85 bits per heavy atom. The van der Waals surface area contributed by atoms with E-state index in [-0.39, 0.29) is 11.9 Å². The van der Waals surface area contributed by atoms with E-state index in [0.717, 1.165) is 25.2 Å². The van der Waals surface area contributed by atoms with Gasteiger partial charge in [-0.15, -0.1) is 0 Å². The Labute approximate surface area is 119 Å². The van der Waals surface area contributed by atoms with E-state index in [1.54, 1.807) is 6.07 Å². The number of halogens is 1. The van der Waals surface area contributed by atoms with Crippen LogP contribution in [0.15, 0.2) is 42.5 Å². The summed E-state index contributed by atoms with van der Waals surface area (Å²) in [7, 11) is 0. The Kier molecular flexibility index (Phi) is 3.45. The average Bonchev–Trinajstić information content (AvgIpc) is 2.46. The number of benzene rings is 2. The molecule has 0 fully saturated rings. The van der Waals surface area contributed by atoms with Crippen molar-refractivity contribution in [1.29, 1.82) is 0 Å². The first kappa shape index (κ1) is 13.1. The summed E-state index contributed by atoms with van der Waals surface area (Å²) < 4.78 is 14.0. The third-order valence-electron chi connectivity index (χ3n) is 3.96. The SMILES string of the molecule is C[C@@H](N)c1c(F)cccc1N1CCc2ccccc2C1. The Hall–Kier alpha value is -1.87. The lowest BCUT2D eigenvalue weighted by Crippen LogP contribution is -2.32. The maximum absolute atomic E-state index is 14.0. The molecule has 0 bridgehead atoms. The molecule has 0 aliphatic carbocycles. The van der Waals surface area contributed by atoms with Gasteiger partial charge >= 0.3 is 0 Å². The van der Waals surface area contributed by atoms with Crippen LogP contribution in [0.2, 0.25) is 0 Å². The molecule has 0 radical (unpaired) electrons. The smallest absolute Gasteiger partial charge is 0.130 e. The number of nitrogens with zero attached hydrogens (tertiary/aromatic N) is 1. The first-order chi connectivity index (χ1) is 9.66. The molecule has 20 heavy (non-hydrogen) atoms. The maximum Gasteiger partial charge on any atom is 0.130 e. The highest BCUT2D eigenvalue weighted by atomic mass is 19.1. The lowest BCUT2D eigenvalue weighted by atomic mass is 9.97. The minimum Gasteiger partial charge on any atom is -0.367 e. The lowest BCUT2D eigenvalue weighted by molar-refractivity contribution is 0.589. The molecule has 0 saturated heterocycles. The molecule has 1 aliphatic heterocycles. The lowest BCUT2D eigenvalue weighted by Gasteiger charge is -2.33. The van der Waals surface area contributed by atoms with Gasteiger partial charge in [0.25, 0.3) is 0 Å². The van der Waals surface area contributed by atoms with E-state index >= 15 is 0 Å². The van der Waals surface area contributed by atoms with Gasteiger partial charge in [0.1, 0.15) is 5.82 Å². The molecule has 0 unspecified atom stereocenters. The van der Waals surface area contributed by atoms with Crippen molar-refractivity contribution in [1.82, 2.24) is 0 Å². The van der Waals surface area contributed by atoms with Crippen LogP contribution in [0.4, 0.5) is 10.1 Å². The predicted octanol–water partition coefficient (Wildman–Crippen LogP) is 3.41. The first-order valence-corrected chi connectivity index (χ1v) is 7.02. The fourth-order valence-electron chi connectivity index (χ4n) is 2.95. The third-order valence-corrected chi connectivity index (χ3v) is 3.96. The molecule has 3 heteroatoms. The van der Waals surface area contributed by atoms with Gasteiger partial charge in [0, 0.05) is 30.4 Å². The second-order valence-corrected chi connectivity index (χ2v) is 5.40. The number of nitrogens with two attached hydrogens (primary N) is 1. The van der Waals surface area contributed by atoms with Gasteiger partial charge in [-0.1, -0.05) is 30.3 Å². The molecular weight excluding hydrogens is 251 g/mol. The highest BCUT2D eigenvalue weighted by Gasteiger charge is 2.21. The van der Waals surface area contributed by atoms with Crippen LogP contribution in [0.25, 0.3) is 0 Å². The summed E-state index contributed by atoms with van der Waals surface area (Å²) in [6, 6.07) is 13.4. The van der Waals surface area contributed by atoms with Crippen molar-refractivity contribution >= 4 is 5.69 Å². The number of rotatable bonds is 2. The molecule has 2 N–H and O–H groups in total. The second-order valence-electron chi connectivity index (χ2n) is 5.40. The Morgan fingerprint density at radius 3 is 2.60 bits per heavy atom. The first-order valence-electron chi connectivity index (χ1n) is 7.02. The summed E-state index contributed by atoms with van der Waals surface area (Å²) >= 11 is 0. The minimum absolute atomic E-state index is 0.212. The molecule has 2 nitrogen and oxygen atoms in total. The van der Waals surface area contributed by atoms with Crippen LogP contribution in [0.3, 0.4) is 0 Å². The van der Waals surface area contributed by atoms with E-state index in [1.807, 2.05) is 13.0 Å². The zero-order chi connectivity index (χ0) is 14.1. The van der Waals surface area contributed by atoms with Crippen molar-refractivity contribution < 1.29 is 4.39 Å². The molecule has 2 aromatic rings. The number of fused-ring (bicyclic) bond motifs is 1. The Bertz CT molecular complexity index is 622. The normalized spacial score (nSPS) is 15.8. The van der Waals surface area contributed by atoms with Crippen LogP contribution in [0, 0.1) is 5.82 Å². The summed E-state index contributed by atoms with van der Waals surface area (Å²) in [6.45, 7) is 3.55. The van der Waals surface area contributed by atoms with E-state index in [1.165, 1.54) is 17.2 Å². The number of hydrogen-bond donors (Lipinski definition) is 1. The summed E-state index contributed by atoms with van der Waals surface area (Å²) in [4.78, 5) is 2.23. The molecule has 1 heterocycles. The summed E-state index contributed by atoms with van der Waals surface area (Å²) in [6.07, 6.45) is 0.991. The van der Waals surface area contributed by atoms with Crippen molar-refractivity contribution in [2.24, 2.45) is 5.73 Å². The van der Waals surface area contributed by atoms with Gasteiger partial charge in [0.2, 0.25) is 0 Å². The number of anilines is 1. The Balaban J connectivity index is 1.98. The fourth-order valence-corrected chi connectivity index (χ4v) is 2.95. The zero-order valence-electron chi connectivity index (χ0n) is 11.6. The van der Waals surface area contributed by atoms with Crippen molar-refractivity contribution in [3.63, 3.8) is 0 Å². The Morgan fingerprint density at radius 1 is 1.10 bits per heavy atom. The molecule has 2 aromatic carbocycles.